The molecule has 0 aromatic carbocycles. The van der Waals surface area contributed by atoms with E-state index < -0.39 is 0 Å². The molecule has 4 nitrogen and oxygen atoms in total. The van der Waals surface area contributed by atoms with Gasteiger partial charge in [-0.1, -0.05) is 13.0 Å². The minimum Gasteiger partial charge on any atom is -0.405 e. The number of allylic oxidation sites excluding steroid dienone is 1. The maximum absolute atomic E-state index is 11.3. The van der Waals surface area contributed by atoms with Crippen LogP contribution in [0.15, 0.2) is 23.9 Å². The fraction of sp³-hybridized carbons (Fsp3) is 0.643. The Kier molecular flexibility index (Phi) is 5.92. The number of piperazine rings is 1. The van der Waals surface area contributed by atoms with Crippen LogP contribution >= 0.6 is 0 Å². The van der Waals surface area contributed by atoms with Crippen molar-refractivity contribution in [3.8, 4) is 0 Å². The summed E-state index contributed by atoms with van der Waals surface area (Å²) in [6.07, 6.45) is 6.80. The normalized spacial score (nSPS) is 20.4. The van der Waals surface area contributed by atoms with E-state index >= 15 is 0 Å². The van der Waals surface area contributed by atoms with E-state index in [4.69, 9.17) is 5.73 Å². The molecule has 1 fully saturated rings. The molecule has 1 aliphatic rings. The fourth-order valence-electron chi connectivity index (χ4n) is 2.36. The second-order valence-electron chi connectivity index (χ2n) is 4.69. The molecule has 0 saturated carbocycles. The van der Waals surface area contributed by atoms with Gasteiger partial charge in [0, 0.05) is 39.1 Å². The summed E-state index contributed by atoms with van der Waals surface area (Å²) in [5.74, 6) is 0.175. The highest BCUT2D eigenvalue weighted by Crippen LogP contribution is 2.15. The van der Waals surface area contributed by atoms with Crippen LogP contribution in [0.5, 0.6) is 0 Å². The first-order chi connectivity index (χ1) is 8.60. The maximum atomic E-state index is 11.3. The molecule has 0 bridgehead atoms. The molecule has 0 radical (unpaired) electrons. The number of hydrogen-bond donors (Lipinski definition) is 1. The standard InChI is InChI=1S/C14H25N3O/c1-4-5-14(6-7-15)12(2)16-8-10-17(11-9-16)13(3)18/h5-7,12H,4,8-11,15H2,1-3H3/b7-6-,14-5-. The highest BCUT2D eigenvalue weighted by atomic mass is 16.2. The lowest BCUT2D eigenvalue weighted by molar-refractivity contribution is -0.130. The third kappa shape index (κ3) is 3.88. The molecule has 1 rings (SSSR count). The van der Waals surface area contributed by atoms with E-state index in [1.54, 1.807) is 13.1 Å². The van der Waals surface area contributed by atoms with Crippen molar-refractivity contribution in [1.29, 1.82) is 0 Å². The molecule has 1 heterocycles. The number of carbonyl (C=O) groups is 1. The largest absolute Gasteiger partial charge is 0.405 e. The zero-order valence-corrected chi connectivity index (χ0v) is 11.7. The third-order valence-electron chi connectivity index (χ3n) is 3.52. The van der Waals surface area contributed by atoms with Crippen molar-refractivity contribution >= 4 is 5.91 Å². The zero-order valence-electron chi connectivity index (χ0n) is 11.7. The highest BCUT2D eigenvalue weighted by molar-refractivity contribution is 5.73. The summed E-state index contributed by atoms with van der Waals surface area (Å²) in [5, 5.41) is 0. The van der Waals surface area contributed by atoms with Crippen LogP contribution in [-0.2, 0) is 4.79 Å². The number of hydrogen-bond acceptors (Lipinski definition) is 3. The van der Waals surface area contributed by atoms with E-state index in [1.807, 2.05) is 11.0 Å². The van der Waals surface area contributed by atoms with Crippen molar-refractivity contribution < 1.29 is 4.79 Å². The second kappa shape index (κ2) is 7.21. The summed E-state index contributed by atoms with van der Waals surface area (Å²) in [4.78, 5) is 15.6. The molecule has 102 valence electrons. The zero-order chi connectivity index (χ0) is 13.5. The third-order valence-corrected chi connectivity index (χ3v) is 3.52. The lowest BCUT2D eigenvalue weighted by Crippen LogP contribution is -2.51. The van der Waals surface area contributed by atoms with Gasteiger partial charge in [-0.15, -0.1) is 0 Å². The number of nitrogens with two attached hydrogens (primary N) is 1. The summed E-state index contributed by atoms with van der Waals surface area (Å²) >= 11 is 0. The van der Waals surface area contributed by atoms with E-state index in [1.165, 1.54) is 5.57 Å². The van der Waals surface area contributed by atoms with Crippen LogP contribution < -0.4 is 5.73 Å². The quantitative estimate of drug-likeness (QED) is 0.767. The van der Waals surface area contributed by atoms with Crippen molar-refractivity contribution in [3.05, 3.63) is 23.9 Å². The Bertz CT molecular complexity index is 328. The summed E-state index contributed by atoms with van der Waals surface area (Å²) in [6.45, 7) is 9.48. The van der Waals surface area contributed by atoms with Crippen molar-refractivity contribution in [1.82, 2.24) is 9.80 Å². The Morgan fingerprint density at radius 3 is 2.39 bits per heavy atom. The number of amides is 1. The molecule has 0 aliphatic carbocycles. The Morgan fingerprint density at radius 2 is 1.94 bits per heavy atom. The molecular weight excluding hydrogens is 226 g/mol. The van der Waals surface area contributed by atoms with Crippen molar-refractivity contribution in [2.45, 2.75) is 33.2 Å². The molecule has 0 aromatic rings. The van der Waals surface area contributed by atoms with Crippen molar-refractivity contribution in [2.75, 3.05) is 26.2 Å². The van der Waals surface area contributed by atoms with E-state index in [0.717, 1.165) is 32.6 Å². The predicted octanol–water partition coefficient (Wildman–Crippen LogP) is 1.35. The minimum atomic E-state index is 0.175. The van der Waals surface area contributed by atoms with E-state index in [0.29, 0.717) is 6.04 Å². The average Bonchev–Trinajstić information content (AvgIpc) is 2.38. The molecule has 1 atom stereocenters. The van der Waals surface area contributed by atoms with Gasteiger partial charge in [0.25, 0.3) is 0 Å². The van der Waals surface area contributed by atoms with Gasteiger partial charge in [-0.25, -0.2) is 0 Å². The smallest absolute Gasteiger partial charge is 0.219 e. The molecule has 1 saturated heterocycles. The minimum absolute atomic E-state index is 0.175. The van der Waals surface area contributed by atoms with Gasteiger partial charge in [-0.05, 0) is 31.2 Å². The van der Waals surface area contributed by atoms with Crippen molar-refractivity contribution in [2.24, 2.45) is 5.73 Å². The first kappa shape index (κ1) is 14.8. The maximum Gasteiger partial charge on any atom is 0.219 e. The van der Waals surface area contributed by atoms with Crippen LogP contribution in [0.1, 0.15) is 27.2 Å². The topological polar surface area (TPSA) is 49.6 Å². The van der Waals surface area contributed by atoms with Gasteiger partial charge in [-0.3, -0.25) is 9.69 Å². The molecule has 0 aromatic heterocycles. The van der Waals surface area contributed by atoms with Gasteiger partial charge in [0.2, 0.25) is 5.91 Å². The first-order valence-electron chi connectivity index (χ1n) is 6.68. The highest BCUT2D eigenvalue weighted by Gasteiger charge is 2.23. The number of nitrogens with zero attached hydrogens (tertiary/aromatic N) is 2. The summed E-state index contributed by atoms with van der Waals surface area (Å²) in [5.41, 5.74) is 6.76. The van der Waals surface area contributed by atoms with Gasteiger partial charge in [0.05, 0.1) is 0 Å². The Labute approximate surface area is 110 Å². The van der Waals surface area contributed by atoms with Crippen LogP contribution in [0, 0.1) is 0 Å². The Hall–Kier alpha value is -1.29. The molecule has 0 spiro atoms. The molecular formula is C14H25N3O. The Balaban J connectivity index is 2.60. The van der Waals surface area contributed by atoms with Crippen LogP contribution in [0.25, 0.3) is 0 Å². The fourth-order valence-corrected chi connectivity index (χ4v) is 2.36. The summed E-state index contributed by atoms with van der Waals surface area (Å²) in [6, 6.07) is 0.360. The lowest BCUT2D eigenvalue weighted by Gasteiger charge is -2.38. The monoisotopic (exact) mass is 251 g/mol. The van der Waals surface area contributed by atoms with E-state index in [9.17, 15) is 4.79 Å². The predicted molar refractivity (Wildman–Crippen MR) is 75.0 cm³/mol. The molecule has 1 amide bonds. The summed E-state index contributed by atoms with van der Waals surface area (Å²) < 4.78 is 0. The van der Waals surface area contributed by atoms with Crippen LogP contribution in [0.2, 0.25) is 0 Å². The first-order valence-corrected chi connectivity index (χ1v) is 6.68. The number of rotatable bonds is 4. The SMILES string of the molecule is CC/C=C(/C=C\N)C(C)N1CCN(C(C)=O)CC1. The molecule has 4 heteroatoms. The van der Waals surface area contributed by atoms with Gasteiger partial charge >= 0.3 is 0 Å². The molecule has 18 heavy (non-hydrogen) atoms. The average molecular weight is 251 g/mol. The lowest BCUT2D eigenvalue weighted by atomic mass is 10.0. The van der Waals surface area contributed by atoms with E-state index in [2.05, 4.69) is 24.8 Å². The Morgan fingerprint density at radius 1 is 1.33 bits per heavy atom. The van der Waals surface area contributed by atoms with Gasteiger partial charge < -0.3 is 10.6 Å². The van der Waals surface area contributed by atoms with Crippen LogP contribution in [0.4, 0.5) is 0 Å². The van der Waals surface area contributed by atoms with Crippen LogP contribution in [0.3, 0.4) is 0 Å². The number of carbonyl (C=O) groups excluding carboxylic acids is 1. The van der Waals surface area contributed by atoms with E-state index in [-0.39, 0.29) is 5.91 Å². The molecule has 1 aliphatic heterocycles. The van der Waals surface area contributed by atoms with Crippen molar-refractivity contribution in [3.63, 3.8) is 0 Å². The van der Waals surface area contributed by atoms with Gasteiger partial charge in [0.15, 0.2) is 0 Å². The molecule has 1 unspecified atom stereocenters. The van der Waals surface area contributed by atoms with Crippen LogP contribution in [-0.4, -0.2) is 47.9 Å². The molecule has 2 N–H and O–H groups in total. The summed E-state index contributed by atoms with van der Waals surface area (Å²) in [7, 11) is 0. The second-order valence-corrected chi connectivity index (χ2v) is 4.69. The van der Waals surface area contributed by atoms with Gasteiger partial charge in [0.1, 0.15) is 0 Å². The van der Waals surface area contributed by atoms with Gasteiger partial charge in [-0.2, -0.15) is 0 Å².